The summed E-state index contributed by atoms with van der Waals surface area (Å²) >= 11 is 0. The lowest BCUT2D eigenvalue weighted by molar-refractivity contribution is -0.916. The largest absolute Gasteiger partial charge is 0.476 e. The van der Waals surface area contributed by atoms with E-state index >= 15 is 0 Å². The van der Waals surface area contributed by atoms with Gasteiger partial charge in [-0.15, -0.1) is 0 Å². The number of phosphoric acid groups is 2. The number of quaternary nitrogens is 2. The third-order valence-electron chi connectivity index (χ3n) is 13.7. The highest BCUT2D eigenvalue weighted by molar-refractivity contribution is 7.48. The van der Waals surface area contributed by atoms with Gasteiger partial charge in [0, 0.05) is 25.7 Å². The zero-order valence-corrected chi connectivity index (χ0v) is 50.2. The van der Waals surface area contributed by atoms with Crippen molar-refractivity contribution in [3.05, 3.63) is 0 Å². The predicted molar refractivity (Wildman–Crippen MR) is 296 cm³/mol. The second-order valence-corrected chi connectivity index (χ2v) is 25.5. The summed E-state index contributed by atoms with van der Waals surface area (Å²) in [5.74, 6) is -0.879. The molecular formula is C56H113N3O12P2+2. The van der Waals surface area contributed by atoms with Gasteiger partial charge in [0.15, 0.2) is 6.10 Å². The number of nitriles is 1. The number of esters is 2. The Morgan fingerprint density at radius 3 is 1.33 bits per heavy atom. The van der Waals surface area contributed by atoms with Gasteiger partial charge in [0.2, 0.25) is 6.23 Å². The van der Waals surface area contributed by atoms with Crippen LogP contribution in [0.5, 0.6) is 0 Å². The van der Waals surface area contributed by atoms with Gasteiger partial charge in [0.1, 0.15) is 6.61 Å². The highest BCUT2D eigenvalue weighted by Crippen LogP contribution is 2.50. The molecule has 0 fully saturated rings. The van der Waals surface area contributed by atoms with Crippen molar-refractivity contribution in [2.75, 3.05) is 75.3 Å². The van der Waals surface area contributed by atoms with E-state index in [-0.39, 0.29) is 69.1 Å². The molecule has 5 atom stereocenters. The van der Waals surface area contributed by atoms with E-state index in [1.807, 2.05) is 55.3 Å². The predicted octanol–water partition coefficient (Wildman–Crippen LogP) is 15.5. The normalized spacial score (nSPS) is 15.0. The van der Waals surface area contributed by atoms with Crippen LogP contribution in [0.25, 0.3) is 0 Å². The summed E-state index contributed by atoms with van der Waals surface area (Å²) in [5, 5.41) is 9.17. The highest BCUT2D eigenvalue weighted by Gasteiger charge is 2.36. The Hall–Kier alpha value is -1.43. The molecule has 0 aliphatic carbocycles. The summed E-state index contributed by atoms with van der Waals surface area (Å²) in [4.78, 5) is 36.6. The van der Waals surface area contributed by atoms with E-state index in [0.717, 1.165) is 38.5 Å². The maximum absolute atomic E-state index is 14.0. The first-order valence-electron chi connectivity index (χ1n) is 29.3. The van der Waals surface area contributed by atoms with Crippen LogP contribution < -0.4 is 0 Å². The lowest BCUT2D eigenvalue weighted by Gasteiger charge is -2.34. The van der Waals surface area contributed by atoms with Crippen LogP contribution in [-0.2, 0) is 50.8 Å². The van der Waals surface area contributed by atoms with Crippen LogP contribution in [0.15, 0.2) is 0 Å². The Balaban J connectivity index is 5.27. The molecule has 73 heavy (non-hydrogen) atoms. The standard InChI is InChI=1S/C56H112N3O12P2/c1-10-12-14-16-18-20-22-24-26-28-30-32-34-36-38-43-55(60)65-50-53(70-56(61)44-39-37-35-33-31-29-27-25-23-21-19-17-15-13-11-2)51-69-73(64,68-48-41-46-57)67-47-40-42-54(59(7,8)9)71-72(62,63)66-49-45-52(3)58(4,5)6/h52-54H,10-45,47-51H2,1-9H3/q+1/p+1. The van der Waals surface area contributed by atoms with Crippen LogP contribution in [0.2, 0.25) is 0 Å². The van der Waals surface area contributed by atoms with E-state index in [4.69, 9.17) is 32.1 Å². The van der Waals surface area contributed by atoms with Crippen LogP contribution in [0.1, 0.15) is 252 Å². The number of carbonyl (C=O) groups excluding carboxylic acids is 2. The van der Waals surface area contributed by atoms with Crippen LogP contribution in [0.3, 0.4) is 0 Å². The fourth-order valence-corrected chi connectivity index (χ4v) is 10.6. The third kappa shape index (κ3) is 45.3. The third-order valence-corrected chi connectivity index (χ3v) is 16.1. The number of hydrogen-bond acceptors (Lipinski definition) is 12. The summed E-state index contributed by atoms with van der Waals surface area (Å²) in [5.41, 5.74) is 0. The van der Waals surface area contributed by atoms with Crippen LogP contribution >= 0.6 is 15.6 Å². The molecule has 0 aromatic rings. The lowest BCUT2D eigenvalue weighted by Crippen LogP contribution is -2.46. The summed E-state index contributed by atoms with van der Waals surface area (Å²) in [7, 11) is 2.83. The minimum absolute atomic E-state index is 0.0482. The number of rotatable bonds is 54. The van der Waals surface area contributed by atoms with E-state index < -0.39 is 46.5 Å². The fourth-order valence-electron chi connectivity index (χ4n) is 8.32. The van der Waals surface area contributed by atoms with E-state index in [1.165, 1.54) is 141 Å². The van der Waals surface area contributed by atoms with Crippen molar-refractivity contribution in [3.63, 3.8) is 0 Å². The zero-order valence-electron chi connectivity index (χ0n) is 48.4. The van der Waals surface area contributed by atoms with Crippen molar-refractivity contribution in [1.82, 2.24) is 0 Å². The SMILES string of the molecule is CCCCCCCCCCCCCCCCCC(=O)OCC(COP(=O)(OCCC#N)OCCCC(OP(=O)(O)OCCC(C)[N+](C)(C)C)[N+](C)(C)C)OC(=O)CCCCCCCCCCCCCCCCC. The zero-order chi connectivity index (χ0) is 54.5. The number of carbonyl (C=O) groups is 2. The first kappa shape index (κ1) is 71.6. The number of nitrogens with zero attached hydrogens (tertiary/aromatic N) is 3. The van der Waals surface area contributed by atoms with Gasteiger partial charge in [-0.1, -0.05) is 194 Å². The number of ether oxygens (including phenoxy) is 2. The van der Waals surface area contributed by atoms with Gasteiger partial charge in [0.05, 0.1) is 87.2 Å². The number of unbranched alkanes of at least 4 members (excludes halogenated alkanes) is 28. The van der Waals surface area contributed by atoms with Crippen molar-refractivity contribution in [2.45, 2.75) is 270 Å². The minimum atomic E-state index is -4.42. The Kier molecular flexibility index (Phi) is 44.7. The molecule has 0 aliphatic rings. The first-order valence-corrected chi connectivity index (χ1v) is 32.3. The van der Waals surface area contributed by atoms with Gasteiger partial charge < -0.3 is 23.3 Å². The van der Waals surface area contributed by atoms with Crippen molar-refractivity contribution in [2.24, 2.45) is 0 Å². The molecule has 5 unspecified atom stereocenters. The molecule has 0 amide bonds. The molecule has 432 valence electrons. The van der Waals surface area contributed by atoms with Gasteiger partial charge in [-0.2, -0.15) is 5.26 Å². The highest BCUT2D eigenvalue weighted by atomic mass is 31.2. The summed E-state index contributed by atoms with van der Waals surface area (Å²) in [6.07, 6.45) is 36.0. The summed E-state index contributed by atoms with van der Waals surface area (Å²) in [6, 6.07) is 2.14. The van der Waals surface area contributed by atoms with Crippen molar-refractivity contribution in [1.29, 1.82) is 5.26 Å². The topological polar surface area (TPSA) is 177 Å². The van der Waals surface area contributed by atoms with E-state index in [2.05, 4.69) is 13.8 Å². The Morgan fingerprint density at radius 2 is 0.918 bits per heavy atom. The summed E-state index contributed by atoms with van der Waals surface area (Å²) in [6.45, 7) is 5.47. The van der Waals surface area contributed by atoms with Crippen LogP contribution in [-0.4, -0.2) is 119 Å². The maximum atomic E-state index is 14.0. The molecule has 0 saturated heterocycles. The van der Waals surface area contributed by atoms with Crippen molar-refractivity contribution >= 4 is 27.6 Å². The lowest BCUT2D eigenvalue weighted by atomic mass is 10.0. The average molecular weight is 1080 g/mol. The fraction of sp³-hybridized carbons (Fsp3) is 0.946. The van der Waals surface area contributed by atoms with Gasteiger partial charge in [-0.05, 0) is 26.2 Å². The van der Waals surface area contributed by atoms with Gasteiger partial charge in [0.25, 0.3) is 0 Å². The van der Waals surface area contributed by atoms with Crippen molar-refractivity contribution < 1.29 is 64.7 Å². The molecule has 0 bridgehead atoms. The van der Waals surface area contributed by atoms with Gasteiger partial charge >= 0.3 is 27.6 Å². The van der Waals surface area contributed by atoms with Gasteiger partial charge in [-0.3, -0.25) is 27.7 Å². The molecule has 0 aromatic carbocycles. The quantitative estimate of drug-likeness (QED) is 0.0200. The Bertz CT molecular complexity index is 1470. The molecular weight excluding hydrogens is 969 g/mol. The molecule has 0 radical (unpaired) electrons. The molecule has 0 rings (SSSR count). The molecule has 0 spiro atoms. The molecule has 0 saturated carbocycles. The molecule has 1 N–H and O–H groups in total. The minimum Gasteiger partial charge on any atom is -0.462 e. The van der Waals surface area contributed by atoms with Crippen LogP contribution in [0, 0.1) is 11.3 Å². The smallest absolute Gasteiger partial charge is 0.462 e. The van der Waals surface area contributed by atoms with E-state index in [1.54, 1.807) is 0 Å². The van der Waals surface area contributed by atoms with E-state index in [0.29, 0.717) is 23.7 Å². The maximum Gasteiger partial charge on any atom is 0.476 e. The van der Waals surface area contributed by atoms with Crippen molar-refractivity contribution in [3.8, 4) is 6.07 Å². The molecule has 0 aliphatic heterocycles. The second-order valence-electron chi connectivity index (χ2n) is 22.4. The molecule has 0 aromatic heterocycles. The first-order chi connectivity index (χ1) is 34.8. The van der Waals surface area contributed by atoms with Crippen LogP contribution in [0.4, 0.5) is 0 Å². The molecule has 0 heterocycles. The Morgan fingerprint density at radius 1 is 0.507 bits per heavy atom. The van der Waals surface area contributed by atoms with E-state index in [9.17, 15) is 28.9 Å². The average Bonchev–Trinajstić information content (AvgIpc) is 3.32. The molecule has 17 heteroatoms. The second kappa shape index (κ2) is 45.6. The van der Waals surface area contributed by atoms with Gasteiger partial charge in [-0.25, -0.2) is 13.7 Å². The monoisotopic (exact) mass is 1080 g/mol. The summed E-state index contributed by atoms with van der Waals surface area (Å²) < 4.78 is 67.0. The molecule has 15 nitrogen and oxygen atoms in total. The Labute approximate surface area is 447 Å². The number of phosphoric ester groups is 2. The number of hydrogen-bond donors (Lipinski definition) is 1.